The number of hydrogen-bond donors (Lipinski definition) is 0. The van der Waals surface area contributed by atoms with Gasteiger partial charge in [0.25, 0.3) is 0 Å². The highest BCUT2D eigenvalue weighted by atomic mass is 79.9. The summed E-state index contributed by atoms with van der Waals surface area (Å²) in [6.45, 7) is 7.87. The van der Waals surface area contributed by atoms with Crippen LogP contribution in [0, 0.1) is 6.92 Å². The molecule has 0 radical (unpaired) electrons. The first-order valence-corrected chi connectivity index (χ1v) is 6.95. The Morgan fingerprint density at radius 3 is 2.62 bits per heavy atom. The Hall–Kier alpha value is -0.510. The number of alkyl halides is 1. The molecule has 4 heteroatoms. The summed E-state index contributed by atoms with van der Waals surface area (Å²) in [6, 6.07) is 0. The van der Waals surface area contributed by atoms with Crippen molar-refractivity contribution in [3.8, 4) is 0 Å². The van der Waals surface area contributed by atoms with Gasteiger partial charge in [0.15, 0.2) is 0 Å². The van der Waals surface area contributed by atoms with Crippen molar-refractivity contribution in [1.82, 2.24) is 9.78 Å². The normalized spacial score (nSPS) is 19.4. The zero-order valence-electron chi connectivity index (χ0n) is 10.5. The molecule has 0 spiro atoms. The maximum absolute atomic E-state index is 4.54. The molecule has 2 heterocycles. The first-order valence-electron chi connectivity index (χ1n) is 5.83. The standard InChI is InChI=1S/C12H20BrN3/c1-9-10(8-13)11(15(4)14-9)16-7-5-6-12(16,2)3/h5-8H2,1-4H3. The van der Waals surface area contributed by atoms with Gasteiger partial charge in [0.2, 0.25) is 0 Å². The van der Waals surface area contributed by atoms with E-state index in [0.29, 0.717) is 0 Å². The van der Waals surface area contributed by atoms with E-state index in [1.165, 1.54) is 24.2 Å². The fraction of sp³-hybridized carbons (Fsp3) is 0.750. The van der Waals surface area contributed by atoms with Gasteiger partial charge in [-0.1, -0.05) is 15.9 Å². The molecule has 0 aliphatic carbocycles. The van der Waals surface area contributed by atoms with E-state index in [2.05, 4.69) is 46.7 Å². The topological polar surface area (TPSA) is 21.1 Å². The largest absolute Gasteiger partial charge is 0.351 e. The summed E-state index contributed by atoms with van der Waals surface area (Å²) in [4.78, 5) is 2.50. The van der Waals surface area contributed by atoms with Crippen LogP contribution in [0.4, 0.5) is 5.82 Å². The van der Waals surface area contributed by atoms with E-state index >= 15 is 0 Å². The Morgan fingerprint density at radius 2 is 2.12 bits per heavy atom. The van der Waals surface area contributed by atoms with Crippen LogP contribution in [0.5, 0.6) is 0 Å². The predicted octanol–water partition coefficient (Wildman–Crippen LogP) is 3.00. The summed E-state index contributed by atoms with van der Waals surface area (Å²) < 4.78 is 2.03. The molecular weight excluding hydrogens is 266 g/mol. The van der Waals surface area contributed by atoms with Crippen LogP contribution in [-0.2, 0) is 12.4 Å². The van der Waals surface area contributed by atoms with Crippen LogP contribution in [0.15, 0.2) is 0 Å². The molecule has 0 aromatic carbocycles. The lowest BCUT2D eigenvalue weighted by atomic mass is 10.0. The first kappa shape index (κ1) is 12.0. The predicted molar refractivity (Wildman–Crippen MR) is 71.2 cm³/mol. The fourth-order valence-electron chi connectivity index (χ4n) is 2.68. The zero-order chi connectivity index (χ0) is 11.9. The SMILES string of the molecule is Cc1nn(C)c(N2CCCC2(C)C)c1CBr. The van der Waals surface area contributed by atoms with E-state index in [1.54, 1.807) is 0 Å². The Morgan fingerprint density at radius 1 is 1.44 bits per heavy atom. The molecule has 1 saturated heterocycles. The molecule has 90 valence electrons. The molecule has 16 heavy (non-hydrogen) atoms. The third-order valence-electron chi connectivity index (χ3n) is 3.60. The molecule has 1 aromatic rings. The van der Waals surface area contributed by atoms with E-state index in [9.17, 15) is 0 Å². The Balaban J connectivity index is 2.47. The molecule has 1 aromatic heterocycles. The molecule has 0 saturated carbocycles. The van der Waals surface area contributed by atoms with Gasteiger partial charge >= 0.3 is 0 Å². The number of hydrogen-bond acceptors (Lipinski definition) is 2. The summed E-state index contributed by atoms with van der Waals surface area (Å²) >= 11 is 3.58. The number of aromatic nitrogens is 2. The van der Waals surface area contributed by atoms with Gasteiger partial charge in [0, 0.05) is 30.0 Å². The molecule has 0 atom stereocenters. The minimum absolute atomic E-state index is 0.261. The van der Waals surface area contributed by atoms with Crippen LogP contribution in [0.25, 0.3) is 0 Å². The van der Waals surface area contributed by atoms with Gasteiger partial charge in [0.05, 0.1) is 5.69 Å². The van der Waals surface area contributed by atoms with Crippen LogP contribution in [0.1, 0.15) is 37.9 Å². The Bertz CT molecular complexity index is 395. The summed E-state index contributed by atoms with van der Waals surface area (Å²) in [5.41, 5.74) is 2.73. The van der Waals surface area contributed by atoms with Crippen LogP contribution in [0.3, 0.4) is 0 Å². The molecule has 1 fully saturated rings. The van der Waals surface area contributed by atoms with Crippen molar-refractivity contribution in [2.75, 3.05) is 11.4 Å². The summed E-state index contributed by atoms with van der Waals surface area (Å²) in [6.07, 6.45) is 2.54. The van der Waals surface area contributed by atoms with Crippen LogP contribution in [0.2, 0.25) is 0 Å². The van der Waals surface area contributed by atoms with Crippen LogP contribution in [-0.4, -0.2) is 21.9 Å². The van der Waals surface area contributed by atoms with Crippen molar-refractivity contribution in [2.45, 2.75) is 44.5 Å². The van der Waals surface area contributed by atoms with Crippen LogP contribution < -0.4 is 4.90 Å². The van der Waals surface area contributed by atoms with Gasteiger partial charge in [-0.25, -0.2) is 0 Å². The maximum atomic E-state index is 4.54. The van der Waals surface area contributed by atoms with Crippen molar-refractivity contribution < 1.29 is 0 Å². The lowest BCUT2D eigenvalue weighted by molar-refractivity contribution is 0.505. The van der Waals surface area contributed by atoms with Crippen molar-refractivity contribution in [3.63, 3.8) is 0 Å². The number of nitrogens with zero attached hydrogens (tertiary/aromatic N) is 3. The smallest absolute Gasteiger partial charge is 0.131 e. The van der Waals surface area contributed by atoms with Crippen molar-refractivity contribution in [2.24, 2.45) is 7.05 Å². The second-order valence-corrected chi connectivity index (χ2v) is 5.77. The third-order valence-corrected chi connectivity index (χ3v) is 4.16. The quantitative estimate of drug-likeness (QED) is 0.779. The molecule has 1 aliphatic heterocycles. The summed E-state index contributed by atoms with van der Waals surface area (Å²) in [5.74, 6) is 1.29. The van der Waals surface area contributed by atoms with Crippen molar-refractivity contribution in [3.05, 3.63) is 11.3 Å². The van der Waals surface area contributed by atoms with E-state index < -0.39 is 0 Å². The molecule has 1 aliphatic rings. The average Bonchev–Trinajstić information content (AvgIpc) is 2.65. The molecule has 0 bridgehead atoms. The Labute approximate surface area is 106 Å². The second kappa shape index (κ2) is 4.06. The molecule has 0 unspecified atom stereocenters. The molecule has 3 nitrogen and oxygen atoms in total. The fourth-order valence-corrected chi connectivity index (χ4v) is 3.34. The highest BCUT2D eigenvalue weighted by molar-refractivity contribution is 9.08. The third kappa shape index (κ3) is 1.77. The highest BCUT2D eigenvalue weighted by Crippen LogP contribution is 2.36. The Kier molecular flexibility index (Phi) is 3.03. The lowest BCUT2D eigenvalue weighted by Crippen LogP contribution is -2.39. The molecule has 2 rings (SSSR count). The molecule has 0 N–H and O–H groups in total. The summed E-state index contributed by atoms with van der Waals surface area (Å²) in [5, 5.41) is 5.42. The lowest BCUT2D eigenvalue weighted by Gasteiger charge is -2.34. The molecule has 0 amide bonds. The van der Waals surface area contributed by atoms with Crippen molar-refractivity contribution >= 4 is 21.7 Å². The summed E-state index contributed by atoms with van der Waals surface area (Å²) in [7, 11) is 2.04. The number of aryl methyl sites for hydroxylation is 2. The number of halogens is 1. The van der Waals surface area contributed by atoms with Gasteiger partial charge in [-0.05, 0) is 33.6 Å². The maximum Gasteiger partial charge on any atom is 0.131 e. The average molecular weight is 286 g/mol. The van der Waals surface area contributed by atoms with E-state index in [1.807, 2.05) is 11.7 Å². The van der Waals surface area contributed by atoms with E-state index in [0.717, 1.165) is 17.6 Å². The van der Waals surface area contributed by atoms with Gasteiger partial charge in [-0.15, -0.1) is 0 Å². The van der Waals surface area contributed by atoms with Gasteiger partial charge < -0.3 is 4.90 Å². The number of rotatable bonds is 2. The zero-order valence-corrected chi connectivity index (χ0v) is 12.1. The monoisotopic (exact) mass is 285 g/mol. The first-order chi connectivity index (χ1) is 7.47. The van der Waals surface area contributed by atoms with E-state index in [4.69, 9.17) is 0 Å². The van der Waals surface area contributed by atoms with Gasteiger partial charge in [0.1, 0.15) is 5.82 Å². The minimum atomic E-state index is 0.261. The van der Waals surface area contributed by atoms with Crippen LogP contribution >= 0.6 is 15.9 Å². The minimum Gasteiger partial charge on any atom is -0.351 e. The van der Waals surface area contributed by atoms with E-state index in [-0.39, 0.29) is 5.54 Å². The highest BCUT2D eigenvalue weighted by Gasteiger charge is 2.35. The number of anilines is 1. The van der Waals surface area contributed by atoms with Gasteiger partial charge in [-0.2, -0.15) is 5.10 Å². The van der Waals surface area contributed by atoms with Gasteiger partial charge in [-0.3, -0.25) is 4.68 Å². The van der Waals surface area contributed by atoms with Crippen molar-refractivity contribution in [1.29, 1.82) is 0 Å². The second-order valence-electron chi connectivity index (χ2n) is 5.21. The molecular formula is C12H20BrN3.